The lowest BCUT2D eigenvalue weighted by Gasteiger charge is -2.39. The van der Waals surface area contributed by atoms with E-state index in [4.69, 9.17) is 14.2 Å². The van der Waals surface area contributed by atoms with E-state index >= 15 is 0 Å². The van der Waals surface area contributed by atoms with Gasteiger partial charge >= 0.3 is 17.9 Å². The first-order valence-electron chi connectivity index (χ1n) is 11.1. The molecule has 2 unspecified atom stereocenters. The average molecular weight is 411 g/mol. The zero-order valence-electron chi connectivity index (χ0n) is 18.4. The van der Waals surface area contributed by atoms with Crippen LogP contribution in [0.1, 0.15) is 85.0 Å². The Hall–Kier alpha value is -1.85. The maximum atomic E-state index is 13.0. The van der Waals surface area contributed by atoms with Crippen molar-refractivity contribution in [3.8, 4) is 0 Å². The van der Waals surface area contributed by atoms with Crippen LogP contribution in [0, 0.1) is 11.8 Å². The van der Waals surface area contributed by atoms with Crippen LogP contribution >= 0.6 is 0 Å². The summed E-state index contributed by atoms with van der Waals surface area (Å²) >= 11 is 0. The van der Waals surface area contributed by atoms with E-state index in [-0.39, 0.29) is 19.6 Å². The van der Waals surface area contributed by atoms with Gasteiger partial charge in [0.25, 0.3) is 0 Å². The van der Waals surface area contributed by atoms with Gasteiger partial charge in [-0.25, -0.2) is 9.59 Å². The number of carbonyl (C=O) groups is 3. The number of rotatable bonds is 13. The fourth-order valence-electron chi connectivity index (χ4n) is 3.57. The van der Waals surface area contributed by atoms with Crippen molar-refractivity contribution in [3.05, 3.63) is 12.7 Å². The molecule has 1 rings (SSSR count). The third kappa shape index (κ3) is 8.19. The topological polar surface area (TPSA) is 78.9 Å². The van der Waals surface area contributed by atoms with Gasteiger partial charge in [-0.2, -0.15) is 0 Å². The van der Waals surface area contributed by atoms with Crippen molar-refractivity contribution in [2.45, 2.75) is 90.6 Å². The first kappa shape index (κ1) is 25.2. The first-order valence-corrected chi connectivity index (χ1v) is 11.1. The Morgan fingerprint density at radius 1 is 1.07 bits per heavy atom. The van der Waals surface area contributed by atoms with Crippen molar-refractivity contribution in [1.82, 2.24) is 0 Å². The van der Waals surface area contributed by atoms with Crippen molar-refractivity contribution in [1.29, 1.82) is 0 Å². The fraction of sp³-hybridized carbons (Fsp3) is 0.783. The Kier molecular flexibility index (Phi) is 11.6. The molecule has 0 saturated heterocycles. The molecule has 0 N–H and O–H groups in total. The molecular formula is C23H38O6. The SMILES string of the molecule is C=CC(=O)OC1(C(=O)OCCCCCCC)CCCCC1C(=O)OCCC(C)C. The summed E-state index contributed by atoms with van der Waals surface area (Å²) in [4.78, 5) is 37.8. The summed E-state index contributed by atoms with van der Waals surface area (Å²) in [6.07, 6.45) is 8.97. The summed E-state index contributed by atoms with van der Waals surface area (Å²) in [6, 6.07) is 0. The van der Waals surface area contributed by atoms with Gasteiger partial charge in [0, 0.05) is 6.08 Å². The highest BCUT2D eigenvalue weighted by Crippen LogP contribution is 2.39. The summed E-state index contributed by atoms with van der Waals surface area (Å²) in [5.41, 5.74) is -1.62. The average Bonchev–Trinajstić information content (AvgIpc) is 2.70. The van der Waals surface area contributed by atoms with Gasteiger partial charge < -0.3 is 14.2 Å². The summed E-state index contributed by atoms with van der Waals surface area (Å²) in [5.74, 6) is -2.32. The minimum Gasteiger partial charge on any atom is -0.465 e. The minimum atomic E-state index is -1.62. The Labute approximate surface area is 175 Å². The molecule has 1 aliphatic carbocycles. The van der Waals surface area contributed by atoms with Gasteiger partial charge in [0.15, 0.2) is 0 Å². The van der Waals surface area contributed by atoms with E-state index in [0.29, 0.717) is 18.8 Å². The van der Waals surface area contributed by atoms with Crippen LogP contribution in [0.5, 0.6) is 0 Å². The van der Waals surface area contributed by atoms with Crippen LogP contribution < -0.4 is 0 Å². The highest BCUT2D eigenvalue weighted by Gasteiger charge is 2.55. The van der Waals surface area contributed by atoms with Crippen molar-refractivity contribution < 1.29 is 28.6 Å². The molecule has 166 valence electrons. The monoisotopic (exact) mass is 410 g/mol. The van der Waals surface area contributed by atoms with Crippen molar-refractivity contribution in [3.63, 3.8) is 0 Å². The summed E-state index contributed by atoms with van der Waals surface area (Å²) in [6.45, 7) is 10.2. The summed E-state index contributed by atoms with van der Waals surface area (Å²) < 4.78 is 16.4. The van der Waals surface area contributed by atoms with Crippen molar-refractivity contribution in [2.24, 2.45) is 11.8 Å². The van der Waals surface area contributed by atoms with Crippen molar-refractivity contribution in [2.75, 3.05) is 13.2 Å². The van der Waals surface area contributed by atoms with E-state index in [1.165, 1.54) is 0 Å². The molecular weight excluding hydrogens is 372 g/mol. The van der Waals surface area contributed by atoms with Gasteiger partial charge in [-0.1, -0.05) is 59.5 Å². The van der Waals surface area contributed by atoms with Crippen molar-refractivity contribution >= 4 is 17.9 Å². The third-order valence-electron chi connectivity index (χ3n) is 5.35. The van der Waals surface area contributed by atoms with E-state index in [0.717, 1.165) is 51.0 Å². The molecule has 0 spiro atoms. The quantitative estimate of drug-likeness (QED) is 0.189. The molecule has 0 radical (unpaired) electrons. The van der Waals surface area contributed by atoms with Gasteiger partial charge in [-0.3, -0.25) is 4.79 Å². The molecule has 1 aliphatic rings. The van der Waals surface area contributed by atoms with Crippen LogP contribution in [0.15, 0.2) is 12.7 Å². The number of unbranched alkanes of at least 4 members (excludes halogenated alkanes) is 4. The second kappa shape index (κ2) is 13.4. The molecule has 0 aromatic carbocycles. The van der Waals surface area contributed by atoms with E-state index < -0.39 is 29.4 Å². The smallest absolute Gasteiger partial charge is 0.351 e. The predicted molar refractivity (Wildman–Crippen MR) is 111 cm³/mol. The van der Waals surface area contributed by atoms with Gasteiger partial charge in [0.05, 0.1) is 13.2 Å². The molecule has 0 aromatic rings. The maximum Gasteiger partial charge on any atom is 0.351 e. The molecule has 0 aromatic heterocycles. The summed E-state index contributed by atoms with van der Waals surface area (Å²) in [5, 5.41) is 0. The van der Waals surface area contributed by atoms with Crippen LogP contribution in [0.2, 0.25) is 0 Å². The fourth-order valence-corrected chi connectivity index (χ4v) is 3.57. The van der Waals surface area contributed by atoms with Gasteiger partial charge in [0.2, 0.25) is 5.60 Å². The zero-order valence-corrected chi connectivity index (χ0v) is 18.4. The standard InChI is InChI=1S/C23H38O6/c1-5-7-8-9-12-16-28-22(26)23(29-20(24)6-2)15-11-10-13-19(23)21(25)27-17-14-18(3)4/h6,18-19H,2,5,7-17H2,1,3-4H3. The van der Waals surface area contributed by atoms with E-state index in [1.54, 1.807) is 0 Å². The number of hydrogen-bond acceptors (Lipinski definition) is 6. The number of esters is 3. The van der Waals surface area contributed by atoms with Crippen LogP contribution in [0.4, 0.5) is 0 Å². The lowest BCUT2D eigenvalue weighted by atomic mass is 9.75. The molecule has 6 nitrogen and oxygen atoms in total. The van der Waals surface area contributed by atoms with E-state index in [9.17, 15) is 14.4 Å². The first-order chi connectivity index (χ1) is 13.9. The Balaban J connectivity index is 2.86. The molecule has 2 atom stereocenters. The zero-order chi connectivity index (χ0) is 21.7. The lowest BCUT2D eigenvalue weighted by Crippen LogP contribution is -2.55. The number of hydrogen-bond donors (Lipinski definition) is 0. The Bertz CT molecular complexity index is 541. The van der Waals surface area contributed by atoms with Crippen LogP contribution in [-0.2, 0) is 28.6 Å². The Morgan fingerprint density at radius 3 is 2.45 bits per heavy atom. The molecule has 0 bridgehead atoms. The molecule has 6 heteroatoms. The summed E-state index contributed by atoms with van der Waals surface area (Å²) in [7, 11) is 0. The third-order valence-corrected chi connectivity index (χ3v) is 5.35. The van der Waals surface area contributed by atoms with Crippen LogP contribution in [0.3, 0.4) is 0 Å². The molecule has 1 fully saturated rings. The highest BCUT2D eigenvalue weighted by atomic mass is 16.6. The molecule has 29 heavy (non-hydrogen) atoms. The minimum absolute atomic E-state index is 0.255. The predicted octanol–water partition coefficient (Wildman–Crippen LogP) is 4.75. The van der Waals surface area contributed by atoms with E-state index in [2.05, 4.69) is 13.5 Å². The lowest BCUT2D eigenvalue weighted by molar-refractivity contribution is -0.198. The molecule has 0 heterocycles. The van der Waals surface area contributed by atoms with Gasteiger partial charge in [0.1, 0.15) is 5.92 Å². The second-order valence-corrected chi connectivity index (χ2v) is 8.21. The highest BCUT2D eigenvalue weighted by molar-refractivity contribution is 5.92. The van der Waals surface area contributed by atoms with Crippen LogP contribution in [-0.4, -0.2) is 36.7 Å². The van der Waals surface area contributed by atoms with Gasteiger partial charge in [-0.05, 0) is 38.0 Å². The van der Waals surface area contributed by atoms with Crippen LogP contribution in [0.25, 0.3) is 0 Å². The van der Waals surface area contributed by atoms with E-state index in [1.807, 2.05) is 13.8 Å². The number of ether oxygens (including phenoxy) is 3. The second-order valence-electron chi connectivity index (χ2n) is 8.21. The normalized spacial score (nSPS) is 21.4. The van der Waals surface area contributed by atoms with Gasteiger partial charge in [-0.15, -0.1) is 0 Å². The maximum absolute atomic E-state index is 13.0. The number of carbonyl (C=O) groups excluding carboxylic acids is 3. The molecule has 0 amide bonds. The Morgan fingerprint density at radius 2 is 1.79 bits per heavy atom. The molecule has 0 aliphatic heterocycles. The molecule has 1 saturated carbocycles. The largest absolute Gasteiger partial charge is 0.465 e.